The predicted molar refractivity (Wildman–Crippen MR) is 115 cm³/mol. The minimum Gasteiger partial charge on any atom is -0.484 e. The van der Waals surface area contributed by atoms with Crippen molar-refractivity contribution < 1.29 is 23.5 Å². The van der Waals surface area contributed by atoms with Gasteiger partial charge in [-0.15, -0.1) is 0 Å². The Kier molecular flexibility index (Phi) is 7.11. The lowest BCUT2D eigenvalue weighted by Crippen LogP contribution is -2.24. The van der Waals surface area contributed by atoms with Gasteiger partial charge in [0.2, 0.25) is 0 Å². The highest BCUT2D eigenvalue weighted by Crippen LogP contribution is 2.16. The Bertz CT molecular complexity index is 1130. The van der Waals surface area contributed by atoms with Gasteiger partial charge in [-0.05, 0) is 73.0 Å². The van der Waals surface area contributed by atoms with E-state index in [1.165, 1.54) is 24.4 Å². The lowest BCUT2D eigenvalue weighted by Gasteiger charge is -2.07. The zero-order valence-corrected chi connectivity index (χ0v) is 17.1. The highest BCUT2D eigenvalue weighted by molar-refractivity contribution is 5.91. The van der Waals surface area contributed by atoms with Crippen LogP contribution in [-0.4, -0.2) is 24.7 Å². The lowest BCUT2D eigenvalue weighted by atomic mass is 10.1. The summed E-state index contributed by atoms with van der Waals surface area (Å²) in [4.78, 5) is 24.0. The molecule has 0 saturated carbocycles. The van der Waals surface area contributed by atoms with Gasteiger partial charge in [0.1, 0.15) is 17.3 Å². The van der Waals surface area contributed by atoms with Gasteiger partial charge in [-0.3, -0.25) is 4.79 Å². The van der Waals surface area contributed by atoms with Crippen LogP contribution in [0.2, 0.25) is 0 Å². The molecule has 0 aliphatic rings. The van der Waals surface area contributed by atoms with Crippen molar-refractivity contribution in [2.45, 2.75) is 13.8 Å². The van der Waals surface area contributed by atoms with Crippen LogP contribution in [0.15, 0.2) is 71.8 Å². The van der Waals surface area contributed by atoms with Gasteiger partial charge in [-0.2, -0.15) is 5.10 Å². The molecular weight excluding hydrogens is 399 g/mol. The first-order valence-corrected chi connectivity index (χ1v) is 9.50. The summed E-state index contributed by atoms with van der Waals surface area (Å²) in [6.45, 7) is 3.79. The molecular formula is C24H21FN2O4. The van der Waals surface area contributed by atoms with Crippen molar-refractivity contribution in [1.82, 2.24) is 5.43 Å². The van der Waals surface area contributed by atoms with Crippen LogP contribution in [0.4, 0.5) is 4.39 Å². The monoisotopic (exact) mass is 420 g/mol. The average molecular weight is 420 g/mol. The van der Waals surface area contributed by atoms with Crippen molar-refractivity contribution >= 4 is 18.1 Å². The molecule has 0 aromatic heterocycles. The highest BCUT2D eigenvalue weighted by atomic mass is 19.1. The Balaban J connectivity index is 1.52. The Labute approximate surface area is 179 Å². The minimum atomic E-state index is -0.676. The summed E-state index contributed by atoms with van der Waals surface area (Å²) in [5.41, 5.74) is 5.30. The molecule has 0 radical (unpaired) electrons. The fourth-order valence-electron chi connectivity index (χ4n) is 2.60. The molecule has 1 N–H and O–H groups in total. The molecule has 158 valence electrons. The number of amides is 1. The van der Waals surface area contributed by atoms with E-state index in [0.29, 0.717) is 11.3 Å². The van der Waals surface area contributed by atoms with Crippen molar-refractivity contribution in [3.05, 3.63) is 94.8 Å². The predicted octanol–water partition coefficient (Wildman–Crippen LogP) is 4.19. The SMILES string of the molecule is Cc1ccc(OCC(=O)N/N=C/c2cccc(OC(=O)c3cccc(F)c3)c2)cc1C. The highest BCUT2D eigenvalue weighted by Gasteiger charge is 2.09. The molecule has 6 nitrogen and oxygen atoms in total. The number of rotatable bonds is 7. The van der Waals surface area contributed by atoms with Gasteiger partial charge < -0.3 is 9.47 Å². The third kappa shape index (κ3) is 6.50. The average Bonchev–Trinajstić information content (AvgIpc) is 2.75. The summed E-state index contributed by atoms with van der Waals surface area (Å²) in [7, 11) is 0. The van der Waals surface area contributed by atoms with Crippen molar-refractivity contribution in [1.29, 1.82) is 0 Å². The second kappa shape index (κ2) is 10.2. The summed E-state index contributed by atoms with van der Waals surface area (Å²) >= 11 is 0. The van der Waals surface area contributed by atoms with E-state index in [1.807, 2.05) is 26.0 Å². The number of nitrogens with one attached hydrogen (secondary N) is 1. The second-order valence-electron chi connectivity index (χ2n) is 6.80. The van der Waals surface area contributed by atoms with Crippen molar-refractivity contribution in [3.63, 3.8) is 0 Å². The molecule has 3 aromatic carbocycles. The van der Waals surface area contributed by atoms with Gasteiger partial charge in [-0.1, -0.05) is 24.3 Å². The van der Waals surface area contributed by atoms with E-state index in [1.54, 1.807) is 30.3 Å². The lowest BCUT2D eigenvalue weighted by molar-refractivity contribution is -0.123. The molecule has 3 rings (SSSR count). The summed E-state index contributed by atoms with van der Waals surface area (Å²) in [6.07, 6.45) is 1.41. The van der Waals surface area contributed by atoms with Crippen LogP contribution >= 0.6 is 0 Å². The summed E-state index contributed by atoms with van der Waals surface area (Å²) < 4.78 is 24.0. The van der Waals surface area contributed by atoms with Crippen LogP contribution < -0.4 is 14.9 Å². The van der Waals surface area contributed by atoms with E-state index in [9.17, 15) is 14.0 Å². The fourth-order valence-corrected chi connectivity index (χ4v) is 2.60. The molecule has 0 aliphatic carbocycles. The molecule has 3 aromatic rings. The van der Waals surface area contributed by atoms with Crippen LogP contribution in [0.3, 0.4) is 0 Å². The van der Waals surface area contributed by atoms with Gasteiger partial charge in [-0.25, -0.2) is 14.6 Å². The van der Waals surface area contributed by atoms with Crippen LogP contribution in [0, 0.1) is 19.7 Å². The van der Waals surface area contributed by atoms with Crippen molar-refractivity contribution in [3.8, 4) is 11.5 Å². The number of ether oxygens (including phenoxy) is 2. The molecule has 1 amide bonds. The molecule has 0 bridgehead atoms. The molecule has 0 fully saturated rings. The van der Waals surface area contributed by atoms with E-state index in [4.69, 9.17) is 9.47 Å². The van der Waals surface area contributed by atoms with Crippen molar-refractivity contribution in [2.24, 2.45) is 5.10 Å². The first-order valence-electron chi connectivity index (χ1n) is 9.50. The van der Waals surface area contributed by atoms with E-state index < -0.39 is 17.7 Å². The van der Waals surface area contributed by atoms with Gasteiger partial charge in [0.25, 0.3) is 5.91 Å². The van der Waals surface area contributed by atoms with E-state index in [0.717, 1.165) is 17.2 Å². The molecule has 0 spiro atoms. The zero-order chi connectivity index (χ0) is 22.2. The quantitative estimate of drug-likeness (QED) is 0.269. The first-order chi connectivity index (χ1) is 14.9. The molecule has 7 heteroatoms. The summed E-state index contributed by atoms with van der Waals surface area (Å²) in [5.74, 6) is -0.737. The number of hydrogen-bond donors (Lipinski definition) is 1. The van der Waals surface area contributed by atoms with Crippen LogP contribution in [0.25, 0.3) is 0 Å². The molecule has 0 saturated heterocycles. The maximum atomic E-state index is 13.3. The number of hydrogen-bond acceptors (Lipinski definition) is 5. The molecule has 0 aliphatic heterocycles. The smallest absolute Gasteiger partial charge is 0.343 e. The van der Waals surface area contributed by atoms with Gasteiger partial charge in [0, 0.05) is 0 Å². The number of halogens is 1. The number of hydrazone groups is 1. The fraction of sp³-hybridized carbons (Fsp3) is 0.125. The summed E-state index contributed by atoms with van der Waals surface area (Å²) in [5, 5.41) is 3.88. The Hall–Kier alpha value is -4.00. The Morgan fingerprint density at radius 2 is 1.77 bits per heavy atom. The van der Waals surface area contributed by atoms with Crippen LogP contribution in [0.1, 0.15) is 27.0 Å². The molecule has 31 heavy (non-hydrogen) atoms. The first kappa shape index (κ1) is 21.7. The van der Waals surface area contributed by atoms with Gasteiger partial charge in [0.15, 0.2) is 6.61 Å². The summed E-state index contributed by atoms with van der Waals surface area (Å²) in [6, 6.07) is 17.4. The number of esters is 1. The van der Waals surface area contributed by atoms with Gasteiger partial charge in [0.05, 0.1) is 11.8 Å². The molecule has 0 atom stereocenters. The third-order valence-corrected chi connectivity index (χ3v) is 4.38. The second-order valence-corrected chi connectivity index (χ2v) is 6.80. The Morgan fingerprint density at radius 3 is 2.55 bits per heavy atom. The van der Waals surface area contributed by atoms with E-state index >= 15 is 0 Å². The van der Waals surface area contributed by atoms with E-state index in [2.05, 4.69) is 10.5 Å². The number of carbonyl (C=O) groups is 2. The normalized spacial score (nSPS) is 10.7. The van der Waals surface area contributed by atoms with E-state index in [-0.39, 0.29) is 17.9 Å². The topological polar surface area (TPSA) is 77.0 Å². The van der Waals surface area contributed by atoms with Crippen LogP contribution in [-0.2, 0) is 4.79 Å². The standard InChI is InChI=1S/C24H21FN2O4/c1-16-9-10-21(11-17(16)2)30-15-23(28)27-26-14-18-5-3-8-22(12-18)31-24(29)19-6-4-7-20(25)13-19/h3-14H,15H2,1-2H3,(H,27,28)/b26-14+. The number of nitrogens with zero attached hydrogens (tertiary/aromatic N) is 1. The number of benzene rings is 3. The number of carbonyl (C=O) groups excluding carboxylic acids is 2. The van der Waals surface area contributed by atoms with Gasteiger partial charge >= 0.3 is 5.97 Å². The third-order valence-electron chi connectivity index (χ3n) is 4.38. The maximum Gasteiger partial charge on any atom is 0.343 e. The largest absolute Gasteiger partial charge is 0.484 e. The Morgan fingerprint density at radius 1 is 0.968 bits per heavy atom. The minimum absolute atomic E-state index is 0.107. The van der Waals surface area contributed by atoms with Crippen molar-refractivity contribution in [2.75, 3.05) is 6.61 Å². The maximum absolute atomic E-state index is 13.3. The zero-order valence-electron chi connectivity index (χ0n) is 17.1. The molecule has 0 unspecified atom stereocenters. The van der Waals surface area contributed by atoms with Crippen LogP contribution in [0.5, 0.6) is 11.5 Å². The molecule has 0 heterocycles. The number of aryl methyl sites for hydroxylation is 2.